The van der Waals surface area contributed by atoms with Gasteiger partial charge in [-0.2, -0.15) is 0 Å². The zero-order valence-electron chi connectivity index (χ0n) is 11.4. The fraction of sp³-hybridized carbons (Fsp3) is 0.929. The highest BCUT2D eigenvalue weighted by atomic mass is 16.5. The maximum atomic E-state index is 11.7. The summed E-state index contributed by atoms with van der Waals surface area (Å²) < 4.78 is 5.54. The normalized spacial score (nSPS) is 26.9. The van der Waals surface area contributed by atoms with E-state index in [2.05, 4.69) is 13.8 Å². The first-order valence-electron chi connectivity index (χ1n) is 6.51. The summed E-state index contributed by atoms with van der Waals surface area (Å²) in [6.45, 7) is 10.3. The van der Waals surface area contributed by atoms with E-state index >= 15 is 0 Å². The van der Waals surface area contributed by atoms with Crippen LogP contribution in [0.1, 0.15) is 60.3 Å². The lowest BCUT2D eigenvalue weighted by Gasteiger charge is -2.32. The summed E-state index contributed by atoms with van der Waals surface area (Å²) in [6.07, 6.45) is 4.68. The van der Waals surface area contributed by atoms with E-state index in [4.69, 9.17) is 4.74 Å². The predicted molar refractivity (Wildman–Crippen MR) is 66.1 cm³/mol. The molecule has 1 aliphatic carbocycles. The maximum absolute atomic E-state index is 11.7. The highest BCUT2D eigenvalue weighted by Gasteiger charge is 2.29. The van der Waals surface area contributed by atoms with Gasteiger partial charge in [0.15, 0.2) is 0 Å². The minimum absolute atomic E-state index is 0.0551. The van der Waals surface area contributed by atoms with Gasteiger partial charge in [0.1, 0.15) is 6.10 Å². The summed E-state index contributed by atoms with van der Waals surface area (Å²) >= 11 is 0. The van der Waals surface area contributed by atoms with Gasteiger partial charge in [0, 0.05) is 0 Å². The molecule has 0 unspecified atom stereocenters. The van der Waals surface area contributed by atoms with Crippen LogP contribution in [0.3, 0.4) is 0 Å². The Morgan fingerprint density at radius 2 is 1.62 bits per heavy atom. The van der Waals surface area contributed by atoms with Crippen LogP contribution in [0.4, 0.5) is 0 Å². The molecule has 0 saturated heterocycles. The second-order valence-electron chi connectivity index (χ2n) is 6.44. The van der Waals surface area contributed by atoms with Crippen LogP contribution >= 0.6 is 0 Å². The molecule has 94 valence electrons. The Morgan fingerprint density at radius 1 is 1.12 bits per heavy atom. The van der Waals surface area contributed by atoms with Gasteiger partial charge in [0.2, 0.25) is 0 Å². The molecule has 2 heteroatoms. The SMILES string of the molecule is CC(C)C1CCC(OC(=O)C(C)(C)C)CC1. The molecule has 0 spiro atoms. The molecule has 1 rings (SSSR count). The standard InChI is InChI=1S/C14H26O2/c1-10(2)11-6-8-12(9-7-11)16-13(15)14(3,4)5/h10-12H,6-9H2,1-5H3. The molecule has 0 amide bonds. The number of hydrogen-bond acceptors (Lipinski definition) is 2. The van der Waals surface area contributed by atoms with Crippen molar-refractivity contribution >= 4 is 5.97 Å². The fourth-order valence-electron chi connectivity index (χ4n) is 2.20. The topological polar surface area (TPSA) is 26.3 Å². The summed E-state index contributed by atoms with van der Waals surface area (Å²) in [5.74, 6) is 1.53. The van der Waals surface area contributed by atoms with Crippen LogP contribution in [0.15, 0.2) is 0 Å². The van der Waals surface area contributed by atoms with Gasteiger partial charge in [0.25, 0.3) is 0 Å². The Morgan fingerprint density at radius 3 is 2.00 bits per heavy atom. The van der Waals surface area contributed by atoms with Crippen LogP contribution in [-0.4, -0.2) is 12.1 Å². The summed E-state index contributed by atoms with van der Waals surface area (Å²) in [6, 6.07) is 0. The molecule has 0 aliphatic heterocycles. The van der Waals surface area contributed by atoms with E-state index in [0.29, 0.717) is 0 Å². The van der Waals surface area contributed by atoms with E-state index < -0.39 is 0 Å². The summed E-state index contributed by atoms with van der Waals surface area (Å²) in [5.41, 5.74) is -0.366. The van der Waals surface area contributed by atoms with Crippen molar-refractivity contribution in [1.82, 2.24) is 0 Å². The van der Waals surface area contributed by atoms with Gasteiger partial charge in [-0.15, -0.1) is 0 Å². The largest absolute Gasteiger partial charge is 0.462 e. The number of carbonyl (C=O) groups excluding carboxylic acids is 1. The molecule has 16 heavy (non-hydrogen) atoms. The van der Waals surface area contributed by atoms with E-state index in [1.807, 2.05) is 20.8 Å². The van der Waals surface area contributed by atoms with Gasteiger partial charge in [-0.3, -0.25) is 4.79 Å². The maximum Gasteiger partial charge on any atom is 0.311 e. The molecule has 0 aromatic heterocycles. The predicted octanol–water partition coefficient (Wildman–Crippen LogP) is 3.79. The summed E-state index contributed by atoms with van der Waals surface area (Å²) in [4.78, 5) is 11.7. The van der Waals surface area contributed by atoms with Crippen LogP contribution < -0.4 is 0 Å². The Balaban J connectivity index is 2.35. The van der Waals surface area contributed by atoms with E-state index in [9.17, 15) is 4.79 Å². The van der Waals surface area contributed by atoms with Gasteiger partial charge in [-0.25, -0.2) is 0 Å². The number of esters is 1. The Bertz CT molecular complexity index is 230. The molecule has 1 saturated carbocycles. The fourth-order valence-corrected chi connectivity index (χ4v) is 2.20. The van der Waals surface area contributed by atoms with Crippen molar-refractivity contribution in [2.24, 2.45) is 17.3 Å². The summed E-state index contributed by atoms with van der Waals surface area (Å²) in [7, 11) is 0. The van der Waals surface area contributed by atoms with Gasteiger partial charge in [-0.1, -0.05) is 13.8 Å². The monoisotopic (exact) mass is 226 g/mol. The zero-order chi connectivity index (χ0) is 12.3. The number of carbonyl (C=O) groups is 1. The van der Waals surface area contributed by atoms with Crippen molar-refractivity contribution < 1.29 is 9.53 Å². The van der Waals surface area contributed by atoms with Crippen molar-refractivity contribution in [3.8, 4) is 0 Å². The van der Waals surface area contributed by atoms with Crippen LogP contribution in [0.25, 0.3) is 0 Å². The summed E-state index contributed by atoms with van der Waals surface area (Å²) in [5, 5.41) is 0. The second kappa shape index (κ2) is 5.20. The highest BCUT2D eigenvalue weighted by Crippen LogP contribution is 2.32. The number of rotatable bonds is 2. The van der Waals surface area contributed by atoms with Gasteiger partial charge in [-0.05, 0) is 58.3 Å². The molecule has 0 radical (unpaired) electrons. The average Bonchev–Trinajstić information content (AvgIpc) is 2.17. The van der Waals surface area contributed by atoms with Crippen molar-refractivity contribution in [2.75, 3.05) is 0 Å². The van der Waals surface area contributed by atoms with E-state index in [1.165, 1.54) is 12.8 Å². The Hall–Kier alpha value is -0.530. The highest BCUT2D eigenvalue weighted by molar-refractivity contribution is 5.75. The lowest BCUT2D eigenvalue weighted by atomic mass is 9.80. The third kappa shape index (κ3) is 3.80. The Kier molecular flexibility index (Phi) is 4.40. The first-order valence-corrected chi connectivity index (χ1v) is 6.51. The minimum atomic E-state index is -0.366. The second-order valence-corrected chi connectivity index (χ2v) is 6.44. The number of hydrogen-bond donors (Lipinski definition) is 0. The van der Waals surface area contributed by atoms with Crippen LogP contribution in [0.2, 0.25) is 0 Å². The van der Waals surface area contributed by atoms with Crippen LogP contribution in [-0.2, 0) is 9.53 Å². The molecule has 1 aliphatic rings. The molecular weight excluding hydrogens is 200 g/mol. The molecule has 2 nitrogen and oxygen atoms in total. The molecule has 0 bridgehead atoms. The zero-order valence-corrected chi connectivity index (χ0v) is 11.4. The molecule has 0 aromatic rings. The Labute approximate surface area is 99.8 Å². The van der Waals surface area contributed by atoms with Crippen molar-refractivity contribution in [2.45, 2.75) is 66.4 Å². The third-order valence-corrected chi connectivity index (χ3v) is 3.55. The minimum Gasteiger partial charge on any atom is -0.462 e. The van der Waals surface area contributed by atoms with Gasteiger partial charge < -0.3 is 4.74 Å². The molecular formula is C14H26O2. The van der Waals surface area contributed by atoms with E-state index in [1.54, 1.807) is 0 Å². The smallest absolute Gasteiger partial charge is 0.311 e. The molecule has 0 N–H and O–H groups in total. The lowest BCUT2D eigenvalue weighted by molar-refractivity contribution is -0.160. The van der Waals surface area contributed by atoms with Crippen LogP contribution in [0.5, 0.6) is 0 Å². The van der Waals surface area contributed by atoms with Gasteiger partial charge >= 0.3 is 5.97 Å². The molecule has 1 fully saturated rings. The third-order valence-electron chi connectivity index (χ3n) is 3.55. The quantitative estimate of drug-likeness (QED) is 0.670. The molecule has 0 heterocycles. The lowest BCUT2D eigenvalue weighted by Crippen LogP contribution is -2.31. The van der Waals surface area contributed by atoms with Crippen LogP contribution in [0, 0.1) is 17.3 Å². The number of ether oxygens (including phenoxy) is 1. The van der Waals surface area contributed by atoms with Gasteiger partial charge in [0.05, 0.1) is 5.41 Å². The van der Waals surface area contributed by atoms with E-state index in [0.717, 1.165) is 24.7 Å². The van der Waals surface area contributed by atoms with E-state index in [-0.39, 0.29) is 17.5 Å². The van der Waals surface area contributed by atoms with Crippen molar-refractivity contribution in [3.63, 3.8) is 0 Å². The van der Waals surface area contributed by atoms with Crippen molar-refractivity contribution in [3.05, 3.63) is 0 Å². The molecule has 0 aromatic carbocycles. The first kappa shape index (κ1) is 13.5. The first-order chi connectivity index (χ1) is 7.30. The average molecular weight is 226 g/mol. The molecule has 0 atom stereocenters. The van der Waals surface area contributed by atoms with Crippen molar-refractivity contribution in [1.29, 1.82) is 0 Å².